The molecule has 1 aromatic heterocycles. The van der Waals surface area contributed by atoms with Crippen molar-refractivity contribution < 1.29 is 4.74 Å². The normalized spacial score (nSPS) is 24.0. The maximum absolute atomic E-state index is 5.49. The Hall–Kier alpha value is -1.03. The standard InChI is InChI=1S/C14H25N3O/c1-5-7-17-14(12(18-4)9-16-17)13(15-6-2)11-8-10(11)3/h9-11,13,15H,5-8H2,1-4H3. The monoisotopic (exact) mass is 251 g/mol. The van der Waals surface area contributed by atoms with Crippen molar-refractivity contribution in [2.75, 3.05) is 13.7 Å². The van der Waals surface area contributed by atoms with Crippen molar-refractivity contribution in [3.05, 3.63) is 11.9 Å². The summed E-state index contributed by atoms with van der Waals surface area (Å²) >= 11 is 0. The van der Waals surface area contributed by atoms with Crippen LogP contribution in [0.3, 0.4) is 0 Å². The zero-order valence-corrected chi connectivity index (χ0v) is 11.9. The maximum Gasteiger partial charge on any atom is 0.161 e. The molecule has 1 aliphatic carbocycles. The minimum Gasteiger partial charge on any atom is -0.493 e. The second kappa shape index (κ2) is 5.74. The third-order valence-electron chi connectivity index (χ3n) is 3.82. The van der Waals surface area contributed by atoms with E-state index in [1.165, 1.54) is 12.1 Å². The fraction of sp³-hybridized carbons (Fsp3) is 0.786. The maximum atomic E-state index is 5.49. The van der Waals surface area contributed by atoms with E-state index in [1.54, 1.807) is 7.11 Å². The molecule has 0 spiro atoms. The van der Waals surface area contributed by atoms with Gasteiger partial charge in [0.05, 0.1) is 25.0 Å². The Kier molecular flexibility index (Phi) is 4.27. The van der Waals surface area contributed by atoms with Gasteiger partial charge < -0.3 is 10.1 Å². The molecule has 3 atom stereocenters. The number of nitrogens with zero attached hydrogens (tertiary/aromatic N) is 2. The van der Waals surface area contributed by atoms with Gasteiger partial charge in [-0.2, -0.15) is 5.10 Å². The summed E-state index contributed by atoms with van der Waals surface area (Å²) in [6, 6.07) is 0.383. The first-order valence-electron chi connectivity index (χ1n) is 7.05. The Morgan fingerprint density at radius 1 is 1.56 bits per heavy atom. The van der Waals surface area contributed by atoms with Gasteiger partial charge in [-0.05, 0) is 31.2 Å². The Balaban J connectivity index is 2.29. The minimum atomic E-state index is 0.383. The Labute approximate surface area is 110 Å². The van der Waals surface area contributed by atoms with Crippen LogP contribution in [0.25, 0.3) is 0 Å². The predicted octanol–water partition coefficient (Wildman–Crippen LogP) is 2.61. The lowest BCUT2D eigenvalue weighted by atomic mass is 10.1. The summed E-state index contributed by atoms with van der Waals surface area (Å²) in [5.74, 6) is 2.46. The van der Waals surface area contributed by atoms with Gasteiger partial charge in [-0.25, -0.2) is 0 Å². The first kappa shape index (κ1) is 13.4. The van der Waals surface area contributed by atoms with Crippen LogP contribution >= 0.6 is 0 Å². The van der Waals surface area contributed by atoms with E-state index >= 15 is 0 Å². The first-order chi connectivity index (χ1) is 8.72. The van der Waals surface area contributed by atoms with E-state index in [9.17, 15) is 0 Å². The predicted molar refractivity (Wildman–Crippen MR) is 72.8 cm³/mol. The van der Waals surface area contributed by atoms with Crippen molar-refractivity contribution >= 4 is 0 Å². The number of nitrogens with one attached hydrogen (secondary N) is 1. The van der Waals surface area contributed by atoms with Gasteiger partial charge in [0.25, 0.3) is 0 Å². The molecule has 3 unspecified atom stereocenters. The van der Waals surface area contributed by atoms with Gasteiger partial charge in [0.2, 0.25) is 0 Å². The first-order valence-corrected chi connectivity index (χ1v) is 7.05. The summed E-state index contributed by atoms with van der Waals surface area (Å²) in [7, 11) is 1.73. The number of methoxy groups -OCH3 is 1. The lowest BCUT2D eigenvalue weighted by molar-refractivity contribution is 0.375. The number of aryl methyl sites for hydroxylation is 1. The van der Waals surface area contributed by atoms with E-state index < -0.39 is 0 Å². The average Bonchev–Trinajstić information content (AvgIpc) is 2.94. The van der Waals surface area contributed by atoms with Gasteiger partial charge in [-0.15, -0.1) is 0 Å². The lowest BCUT2D eigenvalue weighted by Gasteiger charge is -2.20. The molecule has 102 valence electrons. The lowest BCUT2D eigenvalue weighted by Crippen LogP contribution is -2.26. The van der Waals surface area contributed by atoms with E-state index in [-0.39, 0.29) is 0 Å². The molecule has 1 aliphatic rings. The molecule has 0 bridgehead atoms. The van der Waals surface area contributed by atoms with Crippen molar-refractivity contribution in [1.82, 2.24) is 15.1 Å². The van der Waals surface area contributed by atoms with Crippen molar-refractivity contribution in [3.63, 3.8) is 0 Å². The SMILES string of the molecule is CCCn1ncc(OC)c1C(NCC)C1CC1C. The highest BCUT2D eigenvalue weighted by molar-refractivity contribution is 5.30. The molecule has 0 saturated heterocycles. The molecule has 1 heterocycles. The van der Waals surface area contributed by atoms with Crippen molar-refractivity contribution in [3.8, 4) is 5.75 Å². The second-order valence-corrected chi connectivity index (χ2v) is 5.23. The summed E-state index contributed by atoms with van der Waals surface area (Å²) in [6.07, 6.45) is 4.25. The molecule has 0 amide bonds. The van der Waals surface area contributed by atoms with Crippen LogP contribution in [0.15, 0.2) is 6.20 Å². The van der Waals surface area contributed by atoms with Crippen LogP contribution in [0.4, 0.5) is 0 Å². The fourth-order valence-electron chi connectivity index (χ4n) is 2.72. The second-order valence-electron chi connectivity index (χ2n) is 5.23. The van der Waals surface area contributed by atoms with Crippen LogP contribution in [-0.2, 0) is 6.54 Å². The molecular formula is C14H25N3O. The Bertz CT molecular complexity index is 388. The highest BCUT2D eigenvalue weighted by atomic mass is 16.5. The topological polar surface area (TPSA) is 39.1 Å². The largest absolute Gasteiger partial charge is 0.493 e. The molecule has 4 heteroatoms. The number of hydrogen-bond donors (Lipinski definition) is 1. The number of rotatable bonds is 7. The number of aromatic nitrogens is 2. The quantitative estimate of drug-likeness (QED) is 0.809. The summed E-state index contributed by atoms with van der Waals surface area (Å²) < 4.78 is 7.60. The van der Waals surface area contributed by atoms with Crippen LogP contribution in [-0.4, -0.2) is 23.4 Å². The molecular weight excluding hydrogens is 226 g/mol. The molecule has 0 radical (unpaired) electrons. The molecule has 1 saturated carbocycles. The molecule has 0 aromatic carbocycles. The van der Waals surface area contributed by atoms with Crippen molar-refractivity contribution in [2.24, 2.45) is 11.8 Å². The third-order valence-corrected chi connectivity index (χ3v) is 3.82. The molecule has 0 aliphatic heterocycles. The van der Waals surface area contributed by atoms with Crippen LogP contribution in [0.5, 0.6) is 5.75 Å². The molecule has 1 N–H and O–H groups in total. The van der Waals surface area contributed by atoms with E-state index in [0.717, 1.165) is 37.1 Å². The molecule has 4 nitrogen and oxygen atoms in total. The van der Waals surface area contributed by atoms with Gasteiger partial charge >= 0.3 is 0 Å². The van der Waals surface area contributed by atoms with E-state index in [4.69, 9.17) is 4.74 Å². The third kappa shape index (κ3) is 2.53. The molecule has 2 rings (SSSR count). The summed E-state index contributed by atoms with van der Waals surface area (Å²) in [5, 5.41) is 8.08. The molecule has 1 aromatic rings. The number of ether oxygens (including phenoxy) is 1. The minimum absolute atomic E-state index is 0.383. The van der Waals surface area contributed by atoms with E-state index in [2.05, 4.69) is 35.9 Å². The highest BCUT2D eigenvalue weighted by Crippen LogP contribution is 2.48. The van der Waals surface area contributed by atoms with Crippen LogP contribution in [0.2, 0.25) is 0 Å². The Morgan fingerprint density at radius 2 is 2.28 bits per heavy atom. The summed E-state index contributed by atoms with van der Waals surface area (Å²) in [6.45, 7) is 8.60. The Morgan fingerprint density at radius 3 is 2.78 bits per heavy atom. The van der Waals surface area contributed by atoms with Crippen molar-refractivity contribution in [2.45, 2.75) is 46.2 Å². The van der Waals surface area contributed by atoms with Crippen LogP contribution in [0, 0.1) is 11.8 Å². The van der Waals surface area contributed by atoms with Gasteiger partial charge in [0, 0.05) is 6.54 Å². The van der Waals surface area contributed by atoms with Gasteiger partial charge in [0.15, 0.2) is 5.75 Å². The van der Waals surface area contributed by atoms with E-state index in [0.29, 0.717) is 6.04 Å². The average molecular weight is 251 g/mol. The zero-order chi connectivity index (χ0) is 13.1. The van der Waals surface area contributed by atoms with E-state index in [1.807, 2.05) is 6.20 Å². The van der Waals surface area contributed by atoms with Crippen LogP contribution in [0.1, 0.15) is 45.3 Å². The summed E-state index contributed by atoms with van der Waals surface area (Å²) in [4.78, 5) is 0. The highest BCUT2D eigenvalue weighted by Gasteiger charge is 2.42. The molecule has 1 fully saturated rings. The van der Waals surface area contributed by atoms with Crippen molar-refractivity contribution in [1.29, 1.82) is 0 Å². The van der Waals surface area contributed by atoms with Gasteiger partial charge in [0.1, 0.15) is 0 Å². The smallest absolute Gasteiger partial charge is 0.161 e. The van der Waals surface area contributed by atoms with Crippen LogP contribution < -0.4 is 10.1 Å². The van der Waals surface area contributed by atoms with Gasteiger partial charge in [-0.3, -0.25) is 4.68 Å². The molecule has 18 heavy (non-hydrogen) atoms. The number of hydrogen-bond acceptors (Lipinski definition) is 3. The fourth-order valence-corrected chi connectivity index (χ4v) is 2.72. The summed E-state index contributed by atoms with van der Waals surface area (Å²) in [5.41, 5.74) is 1.23. The van der Waals surface area contributed by atoms with Gasteiger partial charge in [-0.1, -0.05) is 20.8 Å². The zero-order valence-electron chi connectivity index (χ0n) is 11.9.